The maximum Gasteiger partial charge on any atom is 0.243 e. The number of halogens is 1. The second-order valence-electron chi connectivity index (χ2n) is 6.30. The molecule has 0 bridgehead atoms. The Morgan fingerprint density at radius 2 is 1.86 bits per heavy atom. The number of hydrogen-bond acceptors (Lipinski definition) is 2. The molecule has 1 aromatic rings. The number of benzene rings is 1. The lowest BCUT2D eigenvalue weighted by atomic mass is 9.76. The number of amides is 2. The first-order chi connectivity index (χ1) is 10.6. The van der Waals surface area contributed by atoms with E-state index in [1.54, 1.807) is 0 Å². The van der Waals surface area contributed by atoms with Crippen LogP contribution in [0.2, 0.25) is 5.02 Å². The van der Waals surface area contributed by atoms with Gasteiger partial charge in [-0.3, -0.25) is 9.59 Å². The highest BCUT2D eigenvalue weighted by Gasteiger charge is 2.38. The summed E-state index contributed by atoms with van der Waals surface area (Å²) in [6, 6.07) is 7.36. The van der Waals surface area contributed by atoms with Crippen molar-refractivity contribution in [1.82, 2.24) is 10.6 Å². The molecule has 0 unspecified atom stereocenters. The van der Waals surface area contributed by atoms with Crippen LogP contribution in [0.4, 0.5) is 0 Å². The fourth-order valence-electron chi connectivity index (χ4n) is 3.54. The first kappa shape index (κ1) is 15.3. The third-order valence-electron chi connectivity index (χ3n) is 4.78. The zero-order valence-corrected chi connectivity index (χ0v) is 13.3. The number of hydrogen-bond donors (Lipinski definition) is 2. The highest BCUT2D eigenvalue weighted by Crippen LogP contribution is 2.37. The lowest BCUT2D eigenvalue weighted by molar-refractivity contribution is -0.127. The third kappa shape index (κ3) is 3.12. The first-order valence-corrected chi connectivity index (χ1v) is 8.34. The van der Waals surface area contributed by atoms with E-state index in [1.165, 1.54) is 6.42 Å². The highest BCUT2D eigenvalue weighted by atomic mass is 35.5. The van der Waals surface area contributed by atoms with Crippen LogP contribution in [0.3, 0.4) is 0 Å². The van der Waals surface area contributed by atoms with Crippen molar-refractivity contribution < 1.29 is 9.59 Å². The molecule has 1 aliphatic carbocycles. The molecule has 1 aliphatic heterocycles. The molecule has 1 aromatic carbocycles. The van der Waals surface area contributed by atoms with Crippen molar-refractivity contribution in [2.45, 2.75) is 56.5 Å². The second kappa shape index (κ2) is 6.29. The molecule has 1 saturated carbocycles. The summed E-state index contributed by atoms with van der Waals surface area (Å²) in [5.41, 5.74) is 0.780. The number of carbonyl (C=O) groups excluding carboxylic acids is 2. The summed E-state index contributed by atoms with van der Waals surface area (Å²) in [6.07, 6.45) is 6.28. The van der Waals surface area contributed by atoms with Crippen LogP contribution in [-0.2, 0) is 15.1 Å². The van der Waals surface area contributed by atoms with Gasteiger partial charge in [0.05, 0.1) is 5.54 Å². The largest absolute Gasteiger partial charge is 0.345 e. The standard InChI is InChI=1S/C17H21ClN2O2/c18-13-6-4-12(5-7-13)17(10-2-1-3-11-17)20-16(22)14-8-9-15(21)19-14/h4-7,14H,1-3,8-11H2,(H,19,21)(H,20,22)/t14-/m0/s1. The summed E-state index contributed by atoms with van der Waals surface area (Å²) in [5.74, 6) is -0.105. The number of carbonyl (C=O) groups is 2. The fraction of sp³-hybridized carbons (Fsp3) is 0.529. The molecule has 2 N–H and O–H groups in total. The van der Waals surface area contributed by atoms with Crippen molar-refractivity contribution in [3.8, 4) is 0 Å². The number of nitrogens with one attached hydrogen (secondary N) is 2. The molecule has 1 atom stereocenters. The van der Waals surface area contributed by atoms with Gasteiger partial charge in [0.25, 0.3) is 0 Å². The summed E-state index contributed by atoms with van der Waals surface area (Å²) in [5, 5.41) is 6.68. The monoisotopic (exact) mass is 320 g/mol. The van der Waals surface area contributed by atoms with Gasteiger partial charge in [-0.25, -0.2) is 0 Å². The maximum atomic E-state index is 12.6. The van der Waals surface area contributed by atoms with E-state index in [-0.39, 0.29) is 17.4 Å². The molecule has 5 heteroatoms. The van der Waals surface area contributed by atoms with Gasteiger partial charge in [0, 0.05) is 11.4 Å². The molecule has 4 nitrogen and oxygen atoms in total. The molecule has 0 radical (unpaired) electrons. The Morgan fingerprint density at radius 3 is 2.45 bits per heavy atom. The molecule has 22 heavy (non-hydrogen) atoms. The smallest absolute Gasteiger partial charge is 0.243 e. The van der Waals surface area contributed by atoms with Crippen LogP contribution < -0.4 is 10.6 Å². The number of rotatable bonds is 3. The van der Waals surface area contributed by atoms with E-state index < -0.39 is 6.04 Å². The Morgan fingerprint density at radius 1 is 1.18 bits per heavy atom. The molecule has 1 heterocycles. The van der Waals surface area contributed by atoms with Crippen molar-refractivity contribution in [3.05, 3.63) is 34.9 Å². The van der Waals surface area contributed by atoms with Crippen LogP contribution in [0.1, 0.15) is 50.5 Å². The molecule has 2 aliphatic rings. The van der Waals surface area contributed by atoms with Crippen LogP contribution in [-0.4, -0.2) is 17.9 Å². The highest BCUT2D eigenvalue weighted by molar-refractivity contribution is 6.30. The summed E-state index contributed by atoms with van der Waals surface area (Å²) in [7, 11) is 0. The minimum atomic E-state index is -0.390. The Hall–Kier alpha value is -1.55. The predicted octanol–water partition coefficient (Wildman–Crippen LogP) is 2.89. The lowest BCUT2D eigenvalue weighted by Crippen LogP contribution is -2.52. The normalized spacial score (nSPS) is 23.9. The van der Waals surface area contributed by atoms with E-state index in [4.69, 9.17) is 11.6 Å². The van der Waals surface area contributed by atoms with E-state index in [0.29, 0.717) is 17.9 Å². The van der Waals surface area contributed by atoms with Crippen molar-refractivity contribution in [2.24, 2.45) is 0 Å². The van der Waals surface area contributed by atoms with Gasteiger partial charge in [0.15, 0.2) is 0 Å². The van der Waals surface area contributed by atoms with E-state index >= 15 is 0 Å². The van der Waals surface area contributed by atoms with Gasteiger partial charge in [-0.2, -0.15) is 0 Å². The van der Waals surface area contributed by atoms with Crippen molar-refractivity contribution in [3.63, 3.8) is 0 Å². The van der Waals surface area contributed by atoms with Crippen molar-refractivity contribution >= 4 is 23.4 Å². The zero-order valence-electron chi connectivity index (χ0n) is 12.5. The molecule has 2 fully saturated rings. The topological polar surface area (TPSA) is 58.2 Å². The van der Waals surface area contributed by atoms with Gasteiger partial charge in [-0.1, -0.05) is 43.0 Å². The van der Waals surface area contributed by atoms with Gasteiger partial charge in [0.2, 0.25) is 11.8 Å². The van der Waals surface area contributed by atoms with E-state index in [0.717, 1.165) is 31.2 Å². The van der Waals surface area contributed by atoms with E-state index in [1.807, 2.05) is 24.3 Å². The van der Waals surface area contributed by atoms with Gasteiger partial charge in [0.1, 0.15) is 6.04 Å². The SMILES string of the molecule is O=C1CC[C@@H](C(=O)NC2(c3ccc(Cl)cc3)CCCCC2)N1. The fourth-order valence-corrected chi connectivity index (χ4v) is 3.67. The van der Waals surface area contributed by atoms with Gasteiger partial charge >= 0.3 is 0 Å². The molecule has 3 rings (SSSR count). The van der Waals surface area contributed by atoms with Crippen LogP contribution in [0.25, 0.3) is 0 Å². The Bertz CT molecular complexity index is 565. The lowest BCUT2D eigenvalue weighted by Gasteiger charge is -2.39. The van der Waals surface area contributed by atoms with E-state index in [9.17, 15) is 9.59 Å². The first-order valence-electron chi connectivity index (χ1n) is 7.96. The van der Waals surface area contributed by atoms with Crippen molar-refractivity contribution in [1.29, 1.82) is 0 Å². The predicted molar refractivity (Wildman–Crippen MR) is 85.5 cm³/mol. The Labute approximate surface area is 135 Å². The van der Waals surface area contributed by atoms with Crippen molar-refractivity contribution in [2.75, 3.05) is 0 Å². The molecular weight excluding hydrogens is 300 g/mol. The van der Waals surface area contributed by atoms with Gasteiger partial charge in [-0.15, -0.1) is 0 Å². The van der Waals surface area contributed by atoms with Gasteiger partial charge in [-0.05, 0) is 37.0 Å². The molecule has 0 spiro atoms. The Balaban J connectivity index is 1.81. The maximum absolute atomic E-state index is 12.6. The van der Waals surface area contributed by atoms with Gasteiger partial charge < -0.3 is 10.6 Å². The van der Waals surface area contributed by atoms with E-state index in [2.05, 4.69) is 10.6 Å². The molecule has 118 valence electrons. The van der Waals surface area contributed by atoms with Crippen LogP contribution in [0.5, 0.6) is 0 Å². The second-order valence-corrected chi connectivity index (χ2v) is 6.73. The minimum absolute atomic E-state index is 0.0377. The summed E-state index contributed by atoms with van der Waals surface area (Å²) in [6.45, 7) is 0. The van der Waals surface area contributed by atoms with Crippen LogP contribution in [0.15, 0.2) is 24.3 Å². The van der Waals surface area contributed by atoms with Crippen LogP contribution >= 0.6 is 11.6 Å². The zero-order chi connectivity index (χ0) is 15.6. The summed E-state index contributed by atoms with van der Waals surface area (Å²) >= 11 is 5.99. The summed E-state index contributed by atoms with van der Waals surface area (Å²) in [4.78, 5) is 23.9. The third-order valence-corrected chi connectivity index (χ3v) is 5.03. The Kier molecular flexibility index (Phi) is 4.39. The molecule has 0 aromatic heterocycles. The molecule has 2 amide bonds. The average molecular weight is 321 g/mol. The minimum Gasteiger partial charge on any atom is -0.345 e. The quantitative estimate of drug-likeness (QED) is 0.899. The van der Waals surface area contributed by atoms with Crippen LogP contribution in [0, 0.1) is 0 Å². The molecular formula is C17H21ClN2O2. The summed E-state index contributed by atoms with van der Waals surface area (Å²) < 4.78 is 0. The molecule has 1 saturated heterocycles. The average Bonchev–Trinajstić information content (AvgIpc) is 2.95.